The van der Waals surface area contributed by atoms with E-state index in [1.807, 2.05) is 125 Å². The third-order valence-corrected chi connectivity index (χ3v) is 24.6. The predicted octanol–water partition coefficient (Wildman–Crippen LogP) is 9.96. The minimum absolute atomic E-state index is 0.0857. The molecule has 7 rings (SSSR count). The van der Waals surface area contributed by atoms with E-state index in [2.05, 4.69) is 30.8 Å². The van der Waals surface area contributed by atoms with Crippen molar-refractivity contribution in [1.82, 2.24) is 0 Å². The second-order valence-electron chi connectivity index (χ2n) is 22.9. The van der Waals surface area contributed by atoms with Gasteiger partial charge in [0.2, 0.25) is 0 Å². The van der Waals surface area contributed by atoms with Crippen molar-refractivity contribution in [2.45, 2.75) is 159 Å². The summed E-state index contributed by atoms with van der Waals surface area (Å²) < 4.78 is 72.8. The van der Waals surface area contributed by atoms with E-state index in [0.717, 1.165) is 15.9 Å². The number of azide groups is 1. The molecule has 0 saturated carbocycles. The molecule has 10 atom stereocenters. The lowest BCUT2D eigenvalue weighted by molar-refractivity contribution is -0.338. The van der Waals surface area contributed by atoms with E-state index >= 15 is 0 Å². The number of esters is 3. The van der Waals surface area contributed by atoms with Crippen molar-refractivity contribution in [1.29, 1.82) is 0 Å². The Hall–Kier alpha value is -6.56. The maximum atomic E-state index is 14.5. The Morgan fingerprint density at radius 1 is 0.622 bits per heavy atom. The molecule has 2 saturated heterocycles. The van der Waals surface area contributed by atoms with Gasteiger partial charge in [-0.2, -0.15) is 0 Å². The fourth-order valence-corrected chi connectivity index (χ4v) is 15.5. The molecule has 0 bridgehead atoms. The number of rotatable bonds is 24. The zero-order valence-electron chi connectivity index (χ0n) is 48.6. The number of nitrogens with zero attached hydrogens (tertiary/aromatic N) is 3. The van der Waals surface area contributed by atoms with E-state index in [9.17, 15) is 24.7 Å². The van der Waals surface area contributed by atoms with E-state index in [1.54, 1.807) is 61.7 Å². The third-order valence-electron chi connectivity index (χ3n) is 15.2. The van der Waals surface area contributed by atoms with E-state index in [1.165, 1.54) is 14.0 Å². The number of Topliss-reactive ketones (excluding diaryl/α,β-unsaturated/α-hetero) is 1. The zero-order chi connectivity index (χ0) is 59.2. The standard InChI is InChI=1S/C62H77N3O15Si2/c1-41(66)32-37-49(67)76-51-48(40-74-82(62(5,6)7,46-28-20-14-21-29-46)47-30-22-15-23-31-47)75-59(50(64-65-63)52(51)72-39-43-33-35-45(70-8)36-34-43)78-54-53(73-38-42-24-16-12-17-25-42)56(77-57(68)44-26-18-13-19-27-44)60(79-55(54)58(69)71-9)80-81(10,11)61(2,3)4/h12-31,33-36,48,50-56,59-60H,32,37-40H2,1-11H3/t48-,50-,51-,52-,53+,54+,55-,56-,59-,60-/m1/s1. The number of ketones is 1. The van der Waals surface area contributed by atoms with Gasteiger partial charge in [0, 0.05) is 11.3 Å². The first kappa shape index (κ1) is 63.0. The molecule has 0 amide bonds. The van der Waals surface area contributed by atoms with Crippen molar-refractivity contribution in [3.05, 3.63) is 173 Å². The van der Waals surface area contributed by atoms with Crippen LogP contribution in [0, 0.1) is 0 Å². The average Bonchev–Trinajstić information content (AvgIpc) is 3.44. The van der Waals surface area contributed by atoms with Gasteiger partial charge in [0.05, 0.1) is 46.0 Å². The number of hydrogen-bond donors (Lipinski definition) is 0. The molecule has 5 aromatic rings. The molecule has 82 heavy (non-hydrogen) atoms. The van der Waals surface area contributed by atoms with Gasteiger partial charge in [-0.05, 0) is 81.4 Å². The number of benzene rings is 5. The van der Waals surface area contributed by atoms with E-state index < -0.39 is 106 Å². The average molecular weight is 1160 g/mol. The Balaban J connectivity index is 1.42. The van der Waals surface area contributed by atoms with E-state index in [4.69, 9.17) is 51.5 Å². The second-order valence-corrected chi connectivity index (χ2v) is 32.0. The molecule has 2 fully saturated rings. The highest BCUT2D eigenvalue weighted by molar-refractivity contribution is 6.99. The molecule has 0 unspecified atom stereocenters. The highest BCUT2D eigenvalue weighted by Crippen LogP contribution is 2.43. The molecule has 0 aliphatic carbocycles. The van der Waals surface area contributed by atoms with Crippen LogP contribution in [0.1, 0.15) is 82.8 Å². The Morgan fingerprint density at radius 3 is 1.70 bits per heavy atom. The topological polar surface area (TPSA) is 219 Å². The summed E-state index contributed by atoms with van der Waals surface area (Å²) in [5.41, 5.74) is 12.2. The lowest BCUT2D eigenvalue weighted by Gasteiger charge is -2.50. The van der Waals surface area contributed by atoms with Crippen molar-refractivity contribution in [2.75, 3.05) is 20.8 Å². The highest BCUT2D eigenvalue weighted by atomic mass is 28.4. The third kappa shape index (κ3) is 15.4. The Kier molecular flexibility index (Phi) is 21.6. The van der Waals surface area contributed by atoms with Crippen LogP contribution in [0.15, 0.2) is 151 Å². The molecular formula is C62H77N3O15Si2. The van der Waals surface area contributed by atoms with Gasteiger partial charge in [-0.25, -0.2) is 9.59 Å². The zero-order valence-corrected chi connectivity index (χ0v) is 50.6. The first-order chi connectivity index (χ1) is 39.1. The summed E-state index contributed by atoms with van der Waals surface area (Å²) in [6, 6.07) is 43.0. The summed E-state index contributed by atoms with van der Waals surface area (Å²) in [7, 11) is -3.53. The van der Waals surface area contributed by atoms with Crippen molar-refractivity contribution in [2.24, 2.45) is 5.11 Å². The molecule has 2 aliphatic heterocycles. The Morgan fingerprint density at radius 2 is 1.17 bits per heavy atom. The van der Waals surface area contributed by atoms with Crippen molar-refractivity contribution in [3.8, 4) is 5.75 Å². The van der Waals surface area contributed by atoms with Gasteiger partial charge in [0.1, 0.15) is 42.0 Å². The monoisotopic (exact) mass is 1160 g/mol. The van der Waals surface area contributed by atoms with Gasteiger partial charge in [-0.3, -0.25) is 4.79 Å². The molecular weight excluding hydrogens is 1080 g/mol. The van der Waals surface area contributed by atoms with Crippen molar-refractivity contribution in [3.63, 3.8) is 0 Å². The summed E-state index contributed by atoms with van der Waals surface area (Å²) in [6.45, 7) is 17.3. The minimum atomic E-state index is -3.41. The van der Waals surface area contributed by atoms with Gasteiger partial charge in [-0.15, -0.1) is 0 Å². The van der Waals surface area contributed by atoms with Crippen LogP contribution in [0.4, 0.5) is 0 Å². The largest absolute Gasteiger partial charge is 0.497 e. The molecule has 2 aliphatic rings. The first-order valence-electron chi connectivity index (χ1n) is 27.5. The quantitative estimate of drug-likeness (QED) is 0.0140. The fraction of sp³-hybridized carbons (Fsp3) is 0.452. The second kappa shape index (κ2) is 28.1. The SMILES string of the molecule is COC(=O)[C@@H]1O[C@H](O[Si](C)(C)C(C)(C)C)[C@H](OC(=O)c2ccccc2)[C@@H](OCc2ccccc2)[C@@H]1O[C@H]1O[C@H](CO[Si](c2ccccc2)(c2ccccc2)C(C)(C)C)[C@@H](OC(=O)CCC(C)=O)[C@H](OCc2ccc(OC)cc2)[C@H]1N=[N+]=[N-]. The van der Waals surface area contributed by atoms with Gasteiger partial charge >= 0.3 is 17.9 Å². The van der Waals surface area contributed by atoms with Gasteiger partial charge in [-0.1, -0.05) is 168 Å². The van der Waals surface area contributed by atoms with Crippen molar-refractivity contribution >= 4 is 50.7 Å². The lowest BCUT2D eigenvalue weighted by Crippen LogP contribution is -2.69. The summed E-state index contributed by atoms with van der Waals surface area (Å²) >= 11 is 0. The smallest absolute Gasteiger partial charge is 0.338 e. The maximum absolute atomic E-state index is 14.5. The maximum Gasteiger partial charge on any atom is 0.338 e. The molecule has 0 aromatic heterocycles. The van der Waals surface area contributed by atoms with Gasteiger partial charge in [0.15, 0.2) is 39.2 Å². The molecule has 18 nitrogen and oxygen atoms in total. The summed E-state index contributed by atoms with van der Waals surface area (Å²) in [4.78, 5) is 58.6. The number of carbonyl (C=O) groups is 4. The van der Waals surface area contributed by atoms with E-state index in [-0.39, 0.29) is 44.0 Å². The minimum Gasteiger partial charge on any atom is -0.497 e. The first-order valence-corrected chi connectivity index (χ1v) is 32.3. The molecule has 0 spiro atoms. The molecule has 2 heterocycles. The lowest BCUT2D eigenvalue weighted by atomic mass is 9.95. The molecule has 0 N–H and O–H groups in total. The molecule has 20 heteroatoms. The van der Waals surface area contributed by atoms with Crippen LogP contribution in [0.2, 0.25) is 23.2 Å². The van der Waals surface area contributed by atoms with Crippen LogP contribution in [0.3, 0.4) is 0 Å². The van der Waals surface area contributed by atoms with Crippen LogP contribution in [0.25, 0.3) is 10.4 Å². The van der Waals surface area contributed by atoms with Gasteiger partial charge in [0.25, 0.3) is 8.32 Å². The fourth-order valence-electron chi connectivity index (χ4n) is 9.86. The summed E-state index contributed by atoms with van der Waals surface area (Å²) in [6.07, 6.45) is -13.7. The predicted molar refractivity (Wildman–Crippen MR) is 311 cm³/mol. The van der Waals surface area contributed by atoms with Crippen LogP contribution >= 0.6 is 0 Å². The van der Waals surface area contributed by atoms with Crippen LogP contribution in [-0.4, -0.2) is 123 Å². The Labute approximate surface area is 482 Å². The van der Waals surface area contributed by atoms with Crippen LogP contribution < -0.4 is 15.1 Å². The Bertz CT molecular complexity index is 2880. The molecule has 5 aromatic carbocycles. The van der Waals surface area contributed by atoms with Crippen molar-refractivity contribution < 1.29 is 70.7 Å². The number of methoxy groups -OCH3 is 2. The van der Waals surface area contributed by atoms with Crippen LogP contribution in [0.5, 0.6) is 5.75 Å². The number of hydrogen-bond acceptors (Lipinski definition) is 16. The highest BCUT2D eigenvalue weighted by Gasteiger charge is 2.59. The van der Waals surface area contributed by atoms with E-state index in [0.29, 0.717) is 11.3 Å². The number of carbonyl (C=O) groups excluding carboxylic acids is 4. The summed E-state index contributed by atoms with van der Waals surface area (Å²) in [5, 5.41) is 5.20. The summed E-state index contributed by atoms with van der Waals surface area (Å²) in [5.74, 6) is -2.05. The number of ether oxygens (including phenoxy) is 9. The molecule has 0 radical (unpaired) electrons. The van der Waals surface area contributed by atoms with Gasteiger partial charge < -0.3 is 56.3 Å². The van der Waals surface area contributed by atoms with Crippen LogP contribution in [-0.2, 0) is 74.3 Å². The molecule has 438 valence electrons. The normalized spacial score (nSPS) is 23.2.